The number of carbonyl (C=O) groups is 3. The number of benzene rings is 1. The number of aromatic nitrogens is 1. The molecule has 1 aliphatic heterocycles. The van der Waals surface area contributed by atoms with Crippen molar-refractivity contribution in [2.24, 2.45) is 0 Å². The first-order valence-electron chi connectivity index (χ1n) is 10.1. The summed E-state index contributed by atoms with van der Waals surface area (Å²) >= 11 is 0. The first kappa shape index (κ1) is 20.7. The van der Waals surface area contributed by atoms with Gasteiger partial charge in [-0.15, -0.1) is 0 Å². The molecule has 3 rings (SSSR count). The monoisotopic (exact) mass is 393 g/mol. The van der Waals surface area contributed by atoms with E-state index in [2.05, 4.69) is 17.2 Å². The van der Waals surface area contributed by atoms with Gasteiger partial charge in [0.2, 0.25) is 5.91 Å². The summed E-state index contributed by atoms with van der Waals surface area (Å²) in [6, 6.07) is 11.4. The summed E-state index contributed by atoms with van der Waals surface area (Å²) in [7, 11) is 0. The Kier molecular flexibility index (Phi) is 6.11. The van der Waals surface area contributed by atoms with Gasteiger partial charge in [-0.3, -0.25) is 24.3 Å². The molecule has 0 bridgehead atoms. The molecular formula is C23H27N3O3. The molecule has 3 amide bonds. The van der Waals surface area contributed by atoms with E-state index in [-0.39, 0.29) is 5.91 Å². The molecule has 1 N–H and O–H groups in total. The molecule has 0 aliphatic carbocycles. The molecule has 2 aromatic rings. The predicted octanol–water partition coefficient (Wildman–Crippen LogP) is 3.68. The average molecular weight is 393 g/mol. The highest BCUT2D eigenvalue weighted by molar-refractivity contribution is 6.22. The lowest BCUT2D eigenvalue weighted by Gasteiger charge is -2.31. The molecular weight excluding hydrogens is 366 g/mol. The molecule has 152 valence electrons. The maximum Gasteiger partial charge on any atom is 0.262 e. The Balaban J connectivity index is 1.87. The summed E-state index contributed by atoms with van der Waals surface area (Å²) in [6.45, 7) is 5.79. The SMILES string of the molecule is CCCCC[C@@H](C(=O)NC(C)(C)c1ccccn1)N1C(=O)c2ccccc2C1=O. The fraction of sp³-hybridized carbons (Fsp3) is 0.391. The van der Waals surface area contributed by atoms with Gasteiger partial charge < -0.3 is 5.32 Å². The van der Waals surface area contributed by atoms with E-state index >= 15 is 0 Å². The summed E-state index contributed by atoms with van der Waals surface area (Å²) in [4.78, 5) is 44.6. The summed E-state index contributed by atoms with van der Waals surface area (Å²) in [5, 5.41) is 3.00. The van der Waals surface area contributed by atoms with Gasteiger partial charge >= 0.3 is 0 Å². The molecule has 0 unspecified atom stereocenters. The molecule has 1 aromatic carbocycles. The largest absolute Gasteiger partial charge is 0.344 e. The fourth-order valence-electron chi connectivity index (χ4n) is 3.64. The van der Waals surface area contributed by atoms with Crippen LogP contribution in [0.1, 0.15) is 72.9 Å². The van der Waals surface area contributed by atoms with E-state index in [1.165, 1.54) is 0 Å². The predicted molar refractivity (Wildman–Crippen MR) is 110 cm³/mol. The molecule has 0 fully saturated rings. The number of fused-ring (bicyclic) bond motifs is 1. The molecule has 2 heterocycles. The van der Waals surface area contributed by atoms with Gasteiger partial charge in [0, 0.05) is 6.20 Å². The van der Waals surface area contributed by atoms with Crippen molar-refractivity contribution in [2.75, 3.05) is 0 Å². The van der Waals surface area contributed by atoms with Crippen molar-refractivity contribution in [2.45, 2.75) is 58.0 Å². The Morgan fingerprint density at radius 3 is 2.21 bits per heavy atom. The van der Waals surface area contributed by atoms with Crippen LogP contribution in [0.15, 0.2) is 48.7 Å². The Morgan fingerprint density at radius 1 is 1.03 bits per heavy atom. The van der Waals surface area contributed by atoms with E-state index in [9.17, 15) is 14.4 Å². The molecule has 0 saturated heterocycles. The van der Waals surface area contributed by atoms with Gasteiger partial charge in [0.15, 0.2) is 0 Å². The van der Waals surface area contributed by atoms with Crippen LogP contribution in [0.2, 0.25) is 0 Å². The second-order valence-corrected chi connectivity index (χ2v) is 7.87. The second-order valence-electron chi connectivity index (χ2n) is 7.87. The lowest BCUT2D eigenvalue weighted by Crippen LogP contribution is -2.53. The summed E-state index contributed by atoms with van der Waals surface area (Å²) < 4.78 is 0. The highest BCUT2D eigenvalue weighted by Gasteiger charge is 2.43. The summed E-state index contributed by atoms with van der Waals surface area (Å²) in [6.07, 6.45) is 4.77. The highest BCUT2D eigenvalue weighted by Crippen LogP contribution is 2.27. The molecule has 0 spiro atoms. The van der Waals surface area contributed by atoms with Gasteiger partial charge in [0.1, 0.15) is 6.04 Å². The topological polar surface area (TPSA) is 79.4 Å². The lowest BCUT2D eigenvalue weighted by molar-refractivity contribution is -0.127. The van der Waals surface area contributed by atoms with Gasteiger partial charge in [0.25, 0.3) is 11.8 Å². The quantitative estimate of drug-likeness (QED) is 0.548. The van der Waals surface area contributed by atoms with E-state index in [4.69, 9.17) is 0 Å². The van der Waals surface area contributed by atoms with Crippen LogP contribution in [0, 0.1) is 0 Å². The Bertz CT molecular complexity index is 874. The normalized spacial score (nSPS) is 14.7. The van der Waals surface area contributed by atoms with E-state index < -0.39 is 23.4 Å². The minimum atomic E-state index is -0.850. The Hall–Kier alpha value is -3.02. The number of nitrogens with zero attached hydrogens (tertiary/aromatic N) is 2. The first-order valence-corrected chi connectivity index (χ1v) is 10.1. The van der Waals surface area contributed by atoms with Crippen molar-refractivity contribution in [3.63, 3.8) is 0 Å². The number of carbonyl (C=O) groups excluding carboxylic acids is 3. The van der Waals surface area contributed by atoms with Crippen molar-refractivity contribution in [1.82, 2.24) is 15.2 Å². The fourth-order valence-corrected chi connectivity index (χ4v) is 3.64. The van der Waals surface area contributed by atoms with E-state index in [1.54, 1.807) is 30.5 Å². The number of rotatable bonds is 8. The standard InChI is InChI=1S/C23H27N3O3/c1-4-5-6-13-18(20(27)25-23(2,3)19-14-9-10-15-24-19)26-21(28)16-11-7-8-12-17(16)22(26)29/h7-12,14-15,18H,4-6,13H2,1-3H3,(H,25,27)/t18-/m0/s1. The van der Waals surface area contributed by atoms with Crippen molar-refractivity contribution >= 4 is 17.7 Å². The van der Waals surface area contributed by atoms with Gasteiger partial charge in [0.05, 0.1) is 22.4 Å². The van der Waals surface area contributed by atoms with Crippen LogP contribution in [0.3, 0.4) is 0 Å². The zero-order valence-electron chi connectivity index (χ0n) is 17.1. The molecule has 1 atom stereocenters. The van der Waals surface area contributed by atoms with Crippen LogP contribution in [-0.4, -0.2) is 33.6 Å². The van der Waals surface area contributed by atoms with Crippen molar-refractivity contribution < 1.29 is 14.4 Å². The van der Waals surface area contributed by atoms with E-state index in [0.717, 1.165) is 24.2 Å². The number of amides is 3. The number of nitrogens with one attached hydrogen (secondary N) is 1. The maximum atomic E-state index is 13.3. The Labute approximate surface area is 171 Å². The molecule has 1 aliphatic rings. The van der Waals surface area contributed by atoms with E-state index in [0.29, 0.717) is 23.2 Å². The lowest BCUT2D eigenvalue weighted by atomic mass is 9.98. The highest BCUT2D eigenvalue weighted by atomic mass is 16.2. The minimum absolute atomic E-state index is 0.341. The Morgan fingerprint density at radius 2 is 1.66 bits per heavy atom. The molecule has 6 nitrogen and oxygen atoms in total. The zero-order chi connectivity index (χ0) is 21.0. The van der Waals surface area contributed by atoms with Crippen LogP contribution < -0.4 is 5.32 Å². The summed E-state index contributed by atoms with van der Waals surface area (Å²) in [5.41, 5.74) is 0.688. The van der Waals surface area contributed by atoms with Gasteiger partial charge in [-0.2, -0.15) is 0 Å². The number of unbranched alkanes of at least 4 members (excludes halogenated alkanes) is 2. The van der Waals surface area contributed by atoms with Crippen molar-refractivity contribution in [3.05, 3.63) is 65.5 Å². The zero-order valence-corrected chi connectivity index (χ0v) is 17.1. The molecule has 6 heteroatoms. The van der Waals surface area contributed by atoms with Crippen LogP contribution in [0.5, 0.6) is 0 Å². The third-order valence-corrected chi connectivity index (χ3v) is 5.26. The molecule has 29 heavy (non-hydrogen) atoms. The number of pyridine rings is 1. The third kappa shape index (κ3) is 4.21. The van der Waals surface area contributed by atoms with Gasteiger partial charge in [-0.1, -0.05) is 44.4 Å². The van der Waals surface area contributed by atoms with Crippen LogP contribution >= 0.6 is 0 Å². The van der Waals surface area contributed by atoms with Gasteiger partial charge in [-0.05, 0) is 44.5 Å². The van der Waals surface area contributed by atoms with Crippen LogP contribution in [-0.2, 0) is 10.3 Å². The molecule has 1 aromatic heterocycles. The second kappa shape index (κ2) is 8.55. The van der Waals surface area contributed by atoms with E-state index in [1.807, 2.05) is 32.0 Å². The maximum absolute atomic E-state index is 13.3. The minimum Gasteiger partial charge on any atom is -0.344 e. The first-order chi connectivity index (χ1) is 13.9. The summed E-state index contributed by atoms with van der Waals surface area (Å²) in [5.74, 6) is -1.15. The molecule has 0 radical (unpaired) electrons. The number of hydrogen-bond acceptors (Lipinski definition) is 4. The number of hydrogen-bond donors (Lipinski definition) is 1. The molecule has 0 saturated carbocycles. The average Bonchev–Trinajstić information content (AvgIpc) is 2.97. The van der Waals surface area contributed by atoms with Gasteiger partial charge in [-0.25, -0.2) is 0 Å². The van der Waals surface area contributed by atoms with Crippen molar-refractivity contribution in [1.29, 1.82) is 0 Å². The van der Waals surface area contributed by atoms with Crippen LogP contribution in [0.25, 0.3) is 0 Å². The third-order valence-electron chi connectivity index (χ3n) is 5.26. The van der Waals surface area contributed by atoms with Crippen molar-refractivity contribution in [3.8, 4) is 0 Å². The smallest absolute Gasteiger partial charge is 0.262 e. The number of imide groups is 1. The van der Waals surface area contributed by atoms with Crippen LogP contribution in [0.4, 0.5) is 0 Å².